The molecule has 1 aliphatic carbocycles. The molecule has 0 aliphatic heterocycles. The summed E-state index contributed by atoms with van der Waals surface area (Å²) in [6.45, 7) is 19.0. The van der Waals surface area contributed by atoms with Gasteiger partial charge in [-0.05, 0) is 63.3 Å². The zero-order valence-corrected chi connectivity index (χ0v) is 22.3. The van der Waals surface area contributed by atoms with Crippen molar-refractivity contribution in [3.8, 4) is 0 Å². The van der Waals surface area contributed by atoms with Gasteiger partial charge in [0.2, 0.25) is 0 Å². The number of hydrogen-bond donors (Lipinski definition) is 1. The Kier molecular flexibility index (Phi) is 23.9. The summed E-state index contributed by atoms with van der Waals surface area (Å²) in [5.74, 6) is 0.352. The molecule has 0 saturated carbocycles. The van der Waals surface area contributed by atoms with Gasteiger partial charge >= 0.3 is 46.0 Å². The van der Waals surface area contributed by atoms with Gasteiger partial charge in [0, 0.05) is 17.1 Å². The first kappa shape index (κ1) is 38.3. The first-order chi connectivity index (χ1) is 17.3. The van der Waals surface area contributed by atoms with Gasteiger partial charge in [-0.2, -0.15) is 0 Å². The summed E-state index contributed by atoms with van der Waals surface area (Å²) in [7, 11) is 1.64. The smallest absolute Gasteiger partial charge is 0 e. The SMILES string of the molecule is COC1=CC/C(=C\CCC(NC(=O)OC(C)(C)C)C(=O)OCc2ccccc2)C=C1.[C-]#[O+].[C-]#[O+].[C-]#[O+].[Fe]. The van der Waals surface area contributed by atoms with Crippen LogP contribution in [-0.2, 0) is 56.6 Å². The van der Waals surface area contributed by atoms with E-state index in [2.05, 4.69) is 25.3 Å². The number of nitrogens with one attached hydrogen (secondary N) is 1. The topological polar surface area (TPSA) is 134 Å². The molecule has 1 N–H and O–H groups in total. The number of esters is 1. The maximum Gasteiger partial charge on any atom is 0 e. The van der Waals surface area contributed by atoms with Crippen LogP contribution in [0, 0.1) is 20.0 Å². The summed E-state index contributed by atoms with van der Waals surface area (Å²) in [5, 5.41) is 2.65. The minimum Gasteiger partial charge on any atom is 0 e. The van der Waals surface area contributed by atoms with Crippen molar-refractivity contribution < 1.29 is 54.8 Å². The number of carbonyl (C=O) groups excluding carboxylic acids is 2. The minimum absolute atomic E-state index is 0. The maximum atomic E-state index is 12.6. The molecule has 0 aromatic heterocycles. The van der Waals surface area contributed by atoms with Gasteiger partial charge in [-0.3, -0.25) is 0 Å². The second kappa shape index (κ2) is 23.1. The number of methoxy groups -OCH3 is 1. The van der Waals surface area contributed by atoms with Crippen LogP contribution in [0.25, 0.3) is 0 Å². The normalized spacial score (nSPS) is 13.0. The largest absolute Gasteiger partial charge is 0 e. The van der Waals surface area contributed by atoms with Crippen LogP contribution in [0.2, 0.25) is 0 Å². The van der Waals surface area contributed by atoms with Crippen LogP contribution in [0.15, 0.2) is 66.0 Å². The van der Waals surface area contributed by atoms with Gasteiger partial charge in [-0.15, -0.1) is 0 Å². The Morgan fingerprint density at radius 1 is 1.05 bits per heavy atom. The standard InChI is InChI=1S/C24H31NO5.3CO.Fe/c1-24(2,3)30-23(27)25-21(22(26)29-17-19-9-6-5-7-10-19)12-8-11-18-13-15-20(28-4)16-14-18;3*1-2;/h5-7,9-11,13,15-16,21H,8,12,14,17H2,1-4H3,(H,25,27);;;;/b18-11-;;;;. The summed E-state index contributed by atoms with van der Waals surface area (Å²) >= 11 is 0. The van der Waals surface area contributed by atoms with E-state index in [0.717, 1.165) is 23.3 Å². The summed E-state index contributed by atoms with van der Waals surface area (Å²) < 4.78 is 38.4. The fourth-order valence-electron chi connectivity index (χ4n) is 2.81. The van der Waals surface area contributed by atoms with Crippen molar-refractivity contribution in [3.63, 3.8) is 0 Å². The van der Waals surface area contributed by atoms with Gasteiger partial charge in [0.25, 0.3) is 0 Å². The molecule has 0 saturated heterocycles. The molecule has 1 aromatic carbocycles. The molecule has 0 bridgehead atoms. The van der Waals surface area contributed by atoms with E-state index < -0.39 is 23.7 Å². The van der Waals surface area contributed by atoms with Crippen molar-refractivity contribution >= 4 is 12.1 Å². The summed E-state index contributed by atoms with van der Waals surface area (Å²) in [6, 6.07) is 8.63. The third-order valence-corrected chi connectivity index (χ3v) is 4.30. The predicted octanol–water partition coefficient (Wildman–Crippen LogP) is 4.70. The Morgan fingerprint density at radius 2 is 1.65 bits per heavy atom. The van der Waals surface area contributed by atoms with Crippen molar-refractivity contribution in [1.29, 1.82) is 0 Å². The average Bonchev–Trinajstić information content (AvgIpc) is 2.90. The minimum atomic E-state index is -0.793. The quantitative estimate of drug-likeness (QED) is 0.216. The van der Waals surface area contributed by atoms with E-state index in [0.29, 0.717) is 12.8 Å². The molecule has 1 aliphatic rings. The average molecular weight is 553 g/mol. The van der Waals surface area contributed by atoms with Crippen molar-refractivity contribution in [2.24, 2.45) is 0 Å². The third-order valence-electron chi connectivity index (χ3n) is 4.30. The summed E-state index contributed by atoms with van der Waals surface area (Å²) in [6.07, 6.45) is 9.08. The molecular formula is C27H31FeNO8. The molecule has 200 valence electrons. The van der Waals surface area contributed by atoms with Gasteiger partial charge in [0.05, 0.1) is 7.11 Å². The molecule has 0 heterocycles. The van der Waals surface area contributed by atoms with Crippen LogP contribution in [0.4, 0.5) is 4.79 Å². The first-order valence-corrected chi connectivity index (χ1v) is 10.7. The molecule has 1 aromatic rings. The van der Waals surface area contributed by atoms with E-state index in [4.69, 9.17) is 28.2 Å². The third kappa shape index (κ3) is 18.6. The first-order valence-electron chi connectivity index (χ1n) is 10.7. The summed E-state index contributed by atoms with van der Waals surface area (Å²) in [4.78, 5) is 24.8. The Hall–Kier alpha value is -3.28. The Morgan fingerprint density at radius 3 is 2.14 bits per heavy atom. The monoisotopic (exact) mass is 553 g/mol. The van der Waals surface area contributed by atoms with Gasteiger partial charge in [-0.1, -0.05) is 42.5 Å². The van der Waals surface area contributed by atoms with Gasteiger partial charge < -0.3 is 19.5 Å². The summed E-state index contributed by atoms with van der Waals surface area (Å²) in [5.41, 5.74) is 1.37. The van der Waals surface area contributed by atoms with Crippen molar-refractivity contribution in [2.45, 2.75) is 58.3 Å². The van der Waals surface area contributed by atoms with E-state index in [9.17, 15) is 9.59 Å². The number of alkyl carbamates (subject to hydrolysis) is 1. The van der Waals surface area contributed by atoms with E-state index in [1.54, 1.807) is 27.9 Å². The molecule has 37 heavy (non-hydrogen) atoms. The van der Waals surface area contributed by atoms with Crippen LogP contribution in [0.1, 0.15) is 45.6 Å². The molecule has 0 spiro atoms. The molecule has 1 atom stereocenters. The van der Waals surface area contributed by atoms with E-state index in [1.165, 1.54) is 0 Å². The number of carbonyl (C=O) groups is 2. The van der Waals surface area contributed by atoms with Crippen LogP contribution in [0.5, 0.6) is 0 Å². The second-order valence-electron chi connectivity index (χ2n) is 8.00. The number of benzene rings is 1. The molecule has 10 heteroatoms. The zero-order valence-electron chi connectivity index (χ0n) is 21.2. The molecule has 1 unspecified atom stereocenters. The van der Waals surface area contributed by atoms with Crippen LogP contribution < -0.4 is 5.32 Å². The van der Waals surface area contributed by atoms with Crippen molar-refractivity contribution in [3.05, 3.63) is 91.5 Å². The van der Waals surface area contributed by atoms with Crippen molar-refractivity contribution in [1.82, 2.24) is 5.32 Å². The predicted molar refractivity (Wildman–Crippen MR) is 127 cm³/mol. The fraction of sp³-hybridized carbons (Fsp3) is 0.370. The van der Waals surface area contributed by atoms with Crippen LogP contribution in [0.3, 0.4) is 0 Å². The number of allylic oxidation sites excluding steroid dienone is 5. The van der Waals surface area contributed by atoms with E-state index in [-0.39, 0.29) is 23.7 Å². The van der Waals surface area contributed by atoms with Gasteiger partial charge in [0.1, 0.15) is 24.0 Å². The van der Waals surface area contributed by atoms with Crippen LogP contribution in [-0.4, -0.2) is 30.8 Å². The van der Waals surface area contributed by atoms with Gasteiger partial charge in [0.15, 0.2) is 0 Å². The molecule has 1 amide bonds. The second-order valence-corrected chi connectivity index (χ2v) is 8.00. The Labute approximate surface area is 228 Å². The van der Waals surface area contributed by atoms with Crippen molar-refractivity contribution in [2.75, 3.05) is 7.11 Å². The number of hydrogen-bond acceptors (Lipinski definition) is 5. The van der Waals surface area contributed by atoms with Crippen LogP contribution >= 0.6 is 0 Å². The fourth-order valence-corrected chi connectivity index (χ4v) is 2.81. The molecule has 0 radical (unpaired) electrons. The zero-order chi connectivity index (χ0) is 28.0. The molecule has 0 fully saturated rings. The molecule has 2 rings (SSSR count). The number of ether oxygens (including phenoxy) is 3. The number of rotatable bonds is 8. The number of amides is 1. The maximum absolute atomic E-state index is 12.6. The van der Waals surface area contributed by atoms with Gasteiger partial charge in [-0.25, -0.2) is 9.59 Å². The Balaban J connectivity index is -0.00000153. The molecule has 9 nitrogen and oxygen atoms in total. The van der Waals surface area contributed by atoms with E-state index >= 15 is 0 Å². The molecular weight excluding hydrogens is 522 g/mol. The Bertz CT molecular complexity index is 926. The van der Waals surface area contributed by atoms with E-state index in [1.807, 2.05) is 54.6 Å².